The number of carbonyl (C=O) groups is 2. The highest BCUT2D eigenvalue weighted by molar-refractivity contribution is 5.93. The van der Waals surface area contributed by atoms with Crippen molar-refractivity contribution >= 4 is 11.8 Å². The third kappa shape index (κ3) is 6.33. The van der Waals surface area contributed by atoms with Crippen molar-refractivity contribution in [3.05, 3.63) is 36.0 Å². The molecule has 1 aromatic heterocycles. The molecule has 0 spiro atoms. The van der Waals surface area contributed by atoms with E-state index in [1.54, 1.807) is 18.1 Å². The zero-order valence-corrected chi connectivity index (χ0v) is 19.0. The van der Waals surface area contributed by atoms with Gasteiger partial charge >= 0.3 is 0 Å². The zero-order valence-electron chi connectivity index (χ0n) is 19.0. The number of nitrogens with zero attached hydrogens (tertiary/aromatic N) is 2. The fraction of sp³-hybridized carbons (Fsp3) is 0.542. The van der Waals surface area contributed by atoms with Gasteiger partial charge < -0.3 is 29.0 Å². The highest BCUT2D eigenvalue weighted by atomic mass is 16.5. The average Bonchev–Trinajstić information content (AvgIpc) is 3.63. The molecule has 0 saturated carbocycles. The van der Waals surface area contributed by atoms with Gasteiger partial charge in [0.15, 0.2) is 11.5 Å². The van der Waals surface area contributed by atoms with Crippen molar-refractivity contribution in [3.63, 3.8) is 0 Å². The number of methoxy groups -OCH3 is 1. The molecule has 0 radical (unpaired) electrons. The van der Waals surface area contributed by atoms with E-state index < -0.39 is 0 Å². The topological polar surface area (TPSA) is 103 Å². The molecule has 2 aliphatic heterocycles. The predicted molar refractivity (Wildman–Crippen MR) is 120 cm³/mol. The van der Waals surface area contributed by atoms with Crippen LogP contribution in [-0.2, 0) is 14.3 Å². The van der Waals surface area contributed by atoms with Crippen LogP contribution in [0, 0.1) is 0 Å². The lowest BCUT2D eigenvalue weighted by atomic mass is 10.1. The van der Waals surface area contributed by atoms with Crippen LogP contribution in [0.2, 0.25) is 0 Å². The predicted octanol–water partition coefficient (Wildman–Crippen LogP) is 2.66. The smallest absolute Gasteiger partial charge is 0.276 e. The van der Waals surface area contributed by atoms with Gasteiger partial charge in [-0.15, -0.1) is 0 Å². The Kier molecular flexibility index (Phi) is 7.96. The van der Waals surface area contributed by atoms with Crippen LogP contribution in [0.5, 0.6) is 5.75 Å². The second-order valence-corrected chi connectivity index (χ2v) is 8.38. The molecule has 2 atom stereocenters. The Bertz CT molecular complexity index is 917. The summed E-state index contributed by atoms with van der Waals surface area (Å²) in [4.78, 5) is 27.2. The molecule has 2 aromatic rings. The third-order valence-corrected chi connectivity index (χ3v) is 6.00. The van der Waals surface area contributed by atoms with Gasteiger partial charge in [-0.3, -0.25) is 9.59 Å². The summed E-state index contributed by atoms with van der Waals surface area (Å²) in [7, 11) is 1.60. The van der Waals surface area contributed by atoms with Crippen LogP contribution in [0.3, 0.4) is 0 Å². The van der Waals surface area contributed by atoms with Gasteiger partial charge in [-0.05, 0) is 49.9 Å². The van der Waals surface area contributed by atoms with E-state index in [4.69, 9.17) is 18.7 Å². The van der Waals surface area contributed by atoms with E-state index in [2.05, 4.69) is 10.5 Å². The van der Waals surface area contributed by atoms with Crippen LogP contribution in [0.4, 0.5) is 0 Å². The summed E-state index contributed by atoms with van der Waals surface area (Å²) in [5.41, 5.74) is 1.00. The molecule has 0 unspecified atom stereocenters. The van der Waals surface area contributed by atoms with Crippen LogP contribution in [0.25, 0.3) is 11.3 Å². The van der Waals surface area contributed by atoms with Crippen molar-refractivity contribution in [3.8, 4) is 17.1 Å². The van der Waals surface area contributed by atoms with E-state index in [1.807, 2.05) is 24.3 Å². The Morgan fingerprint density at radius 2 is 1.85 bits per heavy atom. The first-order chi connectivity index (χ1) is 16.1. The molecule has 2 fully saturated rings. The van der Waals surface area contributed by atoms with Gasteiger partial charge in [0.1, 0.15) is 5.75 Å². The third-order valence-electron chi connectivity index (χ3n) is 6.00. The van der Waals surface area contributed by atoms with E-state index in [1.165, 1.54) is 0 Å². The second-order valence-electron chi connectivity index (χ2n) is 8.38. The lowest BCUT2D eigenvalue weighted by Crippen LogP contribution is -2.40. The van der Waals surface area contributed by atoms with Gasteiger partial charge in [0.05, 0.1) is 19.3 Å². The number of aromatic nitrogens is 1. The van der Waals surface area contributed by atoms with Gasteiger partial charge in [-0.2, -0.15) is 0 Å². The molecule has 2 aliphatic rings. The monoisotopic (exact) mass is 457 g/mol. The molecular formula is C24H31N3O6. The number of hydrogen-bond acceptors (Lipinski definition) is 7. The molecule has 1 aromatic carbocycles. The largest absolute Gasteiger partial charge is 0.497 e. The Morgan fingerprint density at radius 1 is 1.12 bits per heavy atom. The Balaban J connectivity index is 1.38. The lowest BCUT2D eigenvalue weighted by Gasteiger charge is -2.24. The van der Waals surface area contributed by atoms with Crippen molar-refractivity contribution < 1.29 is 28.3 Å². The summed E-state index contributed by atoms with van der Waals surface area (Å²) in [6, 6.07) is 8.95. The van der Waals surface area contributed by atoms with Crippen LogP contribution < -0.4 is 10.1 Å². The molecule has 2 saturated heterocycles. The summed E-state index contributed by atoms with van der Waals surface area (Å²) < 4.78 is 21.9. The van der Waals surface area contributed by atoms with Gasteiger partial charge in [0, 0.05) is 50.9 Å². The number of carbonyl (C=O) groups excluding carboxylic acids is 2. The number of amides is 2. The molecule has 9 heteroatoms. The molecule has 9 nitrogen and oxygen atoms in total. The summed E-state index contributed by atoms with van der Waals surface area (Å²) in [6.45, 7) is 2.65. The summed E-state index contributed by atoms with van der Waals surface area (Å²) in [6.07, 6.45) is 4.12. The summed E-state index contributed by atoms with van der Waals surface area (Å²) >= 11 is 0. The minimum atomic E-state index is -0.277. The number of benzene rings is 1. The lowest BCUT2D eigenvalue weighted by molar-refractivity contribution is -0.121. The van der Waals surface area contributed by atoms with Crippen molar-refractivity contribution in [2.45, 2.75) is 44.3 Å². The maximum absolute atomic E-state index is 13.2. The minimum Gasteiger partial charge on any atom is -0.497 e. The Hall–Kier alpha value is -2.91. The van der Waals surface area contributed by atoms with Gasteiger partial charge in [0.2, 0.25) is 5.91 Å². The van der Waals surface area contributed by atoms with E-state index in [9.17, 15) is 9.59 Å². The maximum Gasteiger partial charge on any atom is 0.276 e. The van der Waals surface area contributed by atoms with Crippen molar-refractivity contribution in [2.24, 2.45) is 0 Å². The molecule has 4 rings (SSSR count). The first kappa shape index (κ1) is 23.3. The molecule has 3 heterocycles. The molecule has 2 amide bonds. The minimum absolute atomic E-state index is 0.0307. The standard InChI is InChI=1S/C24H31N3O6/c1-30-18-8-6-17(7-9-18)22-14-21(26-33-22)24(29)27(16-20-5-3-13-32-20)11-10-23(28)25-15-19-4-2-12-31-19/h6-9,14,19-20H,2-5,10-13,15-16H2,1H3,(H,25,28)/t19-,20-/m0/s1. The average molecular weight is 458 g/mol. The van der Waals surface area contributed by atoms with E-state index >= 15 is 0 Å². The Morgan fingerprint density at radius 3 is 2.52 bits per heavy atom. The maximum atomic E-state index is 13.2. The quantitative estimate of drug-likeness (QED) is 0.585. The van der Waals surface area contributed by atoms with E-state index in [0.717, 1.165) is 43.6 Å². The van der Waals surface area contributed by atoms with E-state index in [0.29, 0.717) is 25.5 Å². The van der Waals surface area contributed by atoms with Crippen LogP contribution in [0.15, 0.2) is 34.9 Å². The summed E-state index contributed by atoms with van der Waals surface area (Å²) in [5.74, 6) is 0.845. The number of hydrogen-bond donors (Lipinski definition) is 1. The number of rotatable bonds is 10. The number of ether oxygens (including phenoxy) is 3. The van der Waals surface area contributed by atoms with Crippen molar-refractivity contribution in [1.29, 1.82) is 0 Å². The molecule has 0 aliphatic carbocycles. The highest BCUT2D eigenvalue weighted by Gasteiger charge is 2.26. The number of nitrogens with one attached hydrogen (secondary N) is 1. The van der Waals surface area contributed by atoms with Crippen molar-refractivity contribution in [2.75, 3.05) is 40.0 Å². The van der Waals surface area contributed by atoms with Gasteiger partial charge in [-0.1, -0.05) is 5.16 Å². The highest BCUT2D eigenvalue weighted by Crippen LogP contribution is 2.24. The van der Waals surface area contributed by atoms with Crippen LogP contribution in [0.1, 0.15) is 42.6 Å². The Labute approximate surface area is 193 Å². The zero-order chi connectivity index (χ0) is 23.0. The van der Waals surface area contributed by atoms with Gasteiger partial charge in [0.25, 0.3) is 5.91 Å². The van der Waals surface area contributed by atoms with Crippen molar-refractivity contribution in [1.82, 2.24) is 15.4 Å². The van der Waals surface area contributed by atoms with Gasteiger partial charge in [-0.25, -0.2) is 0 Å². The fourth-order valence-corrected chi connectivity index (χ4v) is 4.10. The fourth-order valence-electron chi connectivity index (χ4n) is 4.10. The van der Waals surface area contributed by atoms with E-state index in [-0.39, 0.29) is 42.7 Å². The molecule has 0 bridgehead atoms. The van der Waals surface area contributed by atoms with Crippen LogP contribution >= 0.6 is 0 Å². The SMILES string of the molecule is COc1ccc(-c2cc(C(=O)N(CCC(=O)NC[C@@H]3CCCO3)C[C@@H]3CCCO3)no2)cc1. The first-order valence-electron chi connectivity index (χ1n) is 11.5. The second kappa shape index (κ2) is 11.3. The first-order valence-corrected chi connectivity index (χ1v) is 11.5. The summed E-state index contributed by atoms with van der Waals surface area (Å²) in [5, 5.41) is 6.90. The molecular weight excluding hydrogens is 426 g/mol. The molecule has 33 heavy (non-hydrogen) atoms. The molecule has 1 N–H and O–H groups in total. The normalized spacial score (nSPS) is 20.0. The molecule has 178 valence electrons. The van der Waals surface area contributed by atoms with Crippen LogP contribution in [-0.4, -0.2) is 74.0 Å².